The van der Waals surface area contributed by atoms with Crippen molar-refractivity contribution >= 4 is 29.4 Å². The second-order valence-corrected chi connectivity index (χ2v) is 11.9. The van der Waals surface area contributed by atoms with E-state index in [-0.39, 0.29) is 36.9 Å². The Morgan fingerprint density at radius 1 is 1.00 bits per heavy atom. The van der Waals surface area contributed by atoms with Crippen LogP contribution in [0.15, 0.2) is 29.2 Å². The molecule has 1 N–H and O–H groups in total. The summed E-state index contributed by atoms with van der Waals surface area (Å²) < 4.78 is 53.7. The maximum atomic E-state index is 13.5. The van der Waals surface area contributed by atoms with E-state index in [4.69, 9.17) is 9.05 Å². The number of nitrogens with zero attached hydrogens (tertiary/aromatic N) is 3. The normalized spacial score (nSPS) is 18.5. The standard InChI is InChI=1S/C21H35N4O8PS/c1-3-32-34(29,33-4-2)23-15-9-7-5-6-8-14-22-21(26)18-24(17-16-23)35(30,31)20-12-10-19(11-13-20)25(27)28/h10-13H,3-9,14-18H2,1-2H3,(H,22,26). The van der Waals surface area contributed by atoms with Gasteiger partial charge in [-0.3, -0.25) is 24.0 Å². The Balaban J connectivity index is 2.37. The molecule has 0 atom stereocenters. The minimum Gasteiger partial charge on any atom is -0.355 e. The molecule has 1 aliphatic heterocycles. The molecule has 1 fully saturated rings. The third-order valence-electron chi connectivity index (χ3n) is 5.46. The lowest BCUT2D eigenvalue weighted by atomic mass is 10.1. The molecule has 1 amide bonds. The first kappa shape index (κ1) is 29.3. The smallest absolute Gasteiger partial charge is 0.355 e. The first-order valence-corrected chi connectivity index (χ1v) is 14.7. The molecule has 2 rings (SSSR count). The van der Waals surface area contributed by atoms with Gasteiger partial charge in [-0.15, -0.1) is 0 Å². The van der Waals surface area contributed by atoms with Gasteiger partial charge < -0.3 is 5.32 Å². The third-order valence-corrected chi connectivity index (χ3v) is 9.58. The van der Waals surface area contributed by atoms with Gasteiger partial charge >= 0.3 is 7.75 Å². The SMILES string of the molecule is CCOP(=O)(OCC)N1CCCCCCCNC(=O)CN(S(=O)(=O)c2ccc([N+](=O)[O-])cc2)CC1. The van der Waals surface area contributed by atoms with Crippen molar-refractivity contribution < 1.29 is 31.7 Å². The highest BCUT2D eigenvalue weighted by Gasteiger charge is 2.35. The van der Waals surface area contributed by atoms with Crippen molar-refractivity contribution in [3.63, 3.8) is 0 Å². The Kier molecular flexibility index (Phi) is 11.7. The number of carbonyl (C=O) groups is 1. The molecule has 0 saturated carbocycles. The van der Waals surface area contributed by atoms with Gasteiger partial charge in [0.2, 0.25) is 15.9 Å². The Hall–Kier alpha value is -1.89. The van der Waals surface area contributed by atoms with Gasteiger partial charge in [0.15, 0.2) is 0 Å². The van der Waals surface area contributed by atoms with Gasteiger partial charge in [-0.2, -0.15) is 4.31 Å². The largest absolute Gasteiger partial charge is 0.408 e. The topological polar surface area (TPSA) is 148 Å². The van der Waals surface area contributed by atoms with E-state index in [1.54, 1.807) is 13.8 Å². The van der Waals surface area contributed by atoms with Crippen LogP contribution in [0.4, 0.5) is 5.69 Å². The van der Waals surface area contributed by atoms with Crippen LogP contribution in [0.1, 0.15) is 46.0 Å². The van der Waals surface area contributed by atoms with Crippen molar-refractivity contribution in [2.75, 3.05) is 45.9 Å². The minimum absolute atomic E-state index is 0.0107. The zero-order valence-corrected chi connectivity index (χ0v) is 22.0. The molecule has 0 spiro atoms. The second kappa shape index (κ2) is 14.0. The summed E-state index contributed by atoms with van der Waals surface area (Å²) in [7, 11) is -7.85. The lowest BCUT2D eigenvalue weighted by Gasteiger charge is -2.31. The Morgan fingerprint density at radius 2 is 1.60 bits per heavy atom. The highest BCUT2D eigenvalue weighted by Crippen LogP contribution is 2.51. The van der Waals surface area contributed by atoms with E-state index in [0.717, 1.165) is 60.7 Å². The molecule has 0 aromatic heterocycles. The molecule has 12 nitrogen and oxygen atoms in total. The Labute approximate surface area is 206 Å². The van der Waals surface area contributed by atoms with Crippen LogP contribution in [0.3, 0.4) is 0 Å². The molecular weight excluding hydrogens is 499 g/mol. The summed E-state index contributed by atoms with van der Waals surface area (Å²) in [6.07, 6.45) is 4.23. The number of amides is 1. The fraction of sp³-hybridized carbons (Fsp3) is 0.667. The number of nitrogens with one attached hydrogen (secondary N) is 1. The molecule has 0 unspecified atom stereocenters. The van der Waals surface area contributed by atoms with Crippen molar-refractivity contribution in [1.82, 2.24) is 14.3 Å². The van der Waals surface area contributed by atoms with E-state index in [2.05, 4.69) is 5.32 Å². The van der Waals surface area contributed by atoms with E-state index in [1.165, 1.54) is 4.67 Å². The van der Waals surface area contributed by atoms with Gasteiger partial charge in [-0.05, 0) is 38.8 Å². The molecule has 0 radical (unpaired) electrons. The molecule has 14 heteroatoms. The molecule has 35 heavy (non-hydrogen) atoms. The maximum absolute atomic E-state index is 13.5. The van der Waals surface area contributed by atoms with Crippen LogP contribution in [-0.4, -0.2) is 74.2 Å². The van der Waals surface area contributed by atoms with Crippen LogP contribution in [0, 0.1) is 10.1 Å². The summed E-state index contributed by atoms with van der Waals surface area (Å²) in [5.74, 6) is -0.461. The molecule has 1 heterocycles. The average Bonchev–Trinajstić information content (AvgIpc) is 2.81. The summed E-state index contributed by atoms with van der Waals surface area (Å²) in [4.78, 5) is 22.7. The van der Waals surface area contributed by atoms with Gasteiger partial charge in [0, 0.05) is 38.3 Å². The van der Waals surface area contributed by atoms with Crippen molar-refractivity contribution in [2.45, 2.75) is 50.8 Å². The zero-order chi connectivity index (χ0) is 25.9. The van der Waals surface area contributed by atoms with E-state index in [9.17, 15) is 27.9 Å². The quantitative estimate of drug-likeness (QED) is 0.302. The van der Waals surface area contributed by atoms with Gasteiger partial charge in [0.05, 0.1) is 29.6 Å². The second-order valence-electron chi connectivity index (χ2n) is 7.97. The summed E-state index contributed by atoms with van der Waals surface area (Å²) in [6.45, 7) is 3.95. The van der Waals surface area contributed by atoms with Gasteiger partial charge in [-0.1, -0.05) is 19.3 Å². The molecule has 1 aliphatic rings. The van der Waals surface area contributed by atoms with E-state index >= 15 is 0 Å². The van der Waals surface area contributed by atoms with Crippen LogP contribution in [0.5, 0.6) is 0 Å². The molecule has 198 valence electrons. The number of benzene rings is 1. The number of hydrogen-bond acceptors (Lipinski definition) is 8. The number of sulfonamides is 1. The molecular formula is C21H35N4O8PS. The number of hydrogen-bond donors (Lipinski definition) is 1. The third kappa shape index (κ3) is 8.62. The average molecular weight is 535 g/mol. The fourth-order valence-electron chi connectivity index (χ4n) is 3.68. The number of carbonyl (C=O) groups excluding carboxylic acids is 1. The van der Waals surface area contributed by atoms with Crippen LogP contribution >= 0.6 is 7.75 Å². The first-order valence-electron chi connectivity index (χ1n) is 11.8. The maximum Gasteiger partial charge on any atom is 0.408 e. The lowest BCUT2D eigenvalue weighted by Crippen LogP contribution is -2.44. The van der Waals surface area contributed by atoms with E-state index < -0.39 is 35.1 Å². The van der Waals surface area contributed by atoms with Crippen LogP contribution < -0.4 is 5.32 Å². The van der Waals surface area contributed by atoms with Crippen molar-refractivity contribution in [3.8, 4) is 0 Å². The van der Waals surface area contributed by atoms with Crippen LogP contribution in [0.2, 0.25) is 0 Å². The highest BCUT2D eigenvalue weighted by atomic mass is 32.2. The molecule has 1 aromatic rings. The molecule has 1 saturated heterocycles. The summed E-state index contributed by atoms with van der Waals surface area (Å²) >= 11 is 0. The number of rotatable bonds is 8. The van der Waals surface area contributed by atoms with Crippen molar-refractivity contribution in [2.24, 2.45) is 0 Å². The number of non-ortho nitro benzene ring substituents is 1. The summed E-state index contributed by atoms with van der Waals surface area (Å²) in [5.41, 5.74) is -0.247. The van der Waals surface area contributed by atoms with Gasteiger partial charge in [-0.25, -0.2) is 17.7 Å². The van der Waals surface area contributed by atoms with Crippen LogP contribution in [0.25, 0.3) is 0 Å². The predicted octanol–water partition coefficient (Wildman–Crippen LogP) is 3.15. The van der Waals surface area contributed by atoms with Gasteiger partial charge in [0.25, 0.3) is 5.69 Å². The Morgan fingerprint density at radius 3 is 2.20 bits per heavy atom. The first-order chi connectivity index (χ1) is 16.6. The van der Waals surface area contributed by atoms with Gasteiger partial charge in [0.1, 0.15) is 0 Å². The fourth-order valence-corrected chi connectivity index (χ4v) is 6.84. The number of nitro benzene ring substituents is 1. The summed E-state index contributed by atoms with van der Waals surface area (Å²) in [6, 6.07) is 4.48. The molecule has 0 bridgehead atoms. The zero-order valence-electron chi connectivity index (χ0n) is 20.3. The summed E-state index contributed by atoms with van der Waals surface area (Å²) in [5, 5.41) is 13.7. The van der Waals surface area contributed by atoms with Crippen molar-refractivity contribution in [1.29, 1.82) is 0 Å². The monoisotopic (exact) mass is 534 g/mol. The number of nitro groups is 1. The lowest BCUT2D eigenvalue weighted by molar-refractivity contribution is -0.384. The predicted molar refractivity (Wildman–Crippen MR) is 130 cm³/mol. The van der Waals surface area contributed by atoms with Crippen molar-refractivity contribution in [3.05, 3.63) is 34.4 Å². The van der Waals surface area contributed by atoms with E-state index in [1.807, 2.05) is 0 Å². The minimum atomic E-state index is -4.18. The van der Waals surface area contributed by atoms with E-state index in [0.29, 0.717) is 13.1 Å². The Bertz CT molecular complexity index is 980. The molecule has 0 aliphatic carbocycles. The van der Waals surface area contributed by atoms with Crippen LogP contribution in [-0.2, 0) is 28.4 Å². The molecule has 1 aromatic carbocycles. The highest BCUT2D eigenvalue weighted by molar-refractivity contribution is 7.89.